The molecule has 1 heterocycles. The third kappa shape index (κ3) is 3.97. The maximum atomic E-state index is 14.2. The van der Waals surface area contributed by atoms with Gasteiger partial charge in [-0.25, -0.2) is 18.4 Å². The van der Waals surface area contributed by atoms with E-state index >= 15 is 0 Å². The minimum absolute atomic E-state index is 0.0120. The summed E-state index contributed by atoms with van der Waals surface area (Å²) < 4.78 is 32.2. The summed E-state index contributed by atoms with van der Waals surface area (Å²) in [5.41, 5.74) is 0.555. The smallest absolute Gasteiger partial charge is 0.337 e. The first-order valence-corrected chi connectivity index (χ1v) is 8.08. The highest BCUT2D eigenvalue weighted by atomic mass is 19.1. The molecular weight excluding hydrogens is 330 g/mol. The van der Waals surface area contributed by atoms with Gasteiger partial charge in [0, 0.05) is 23.9 Å². The summed E-state index contributed by atoms with van der Waals surface area (Å²) in [6.07, 6.45) is 0.745. The number of allylic oxidation sites excluding steroid dienone is 1. The highest BCUT2D eigenvalue weighted by Gasteiger charge is 2.37. The van der Waals surface area contributed by atoms with Crippen LogP contribution in [0, 0.1) is 17.6 Å². The van der Waals surface area contributed by atoms with Crippen LogP contribution in [0.4, 0.5) is 13.6 Å². The molecule has 0 spiro atoms. The Morgan fingerprint density at radius 2 is 2.04 bits per heavy atom. The number of nitrogens with one attached hydrogen (secondary N) is 1. The second-order valence-electron chi connectivity index (χ2n) is 6.37. The maximum absolute atomic E-state index is 14.2. The third-order valence-electron chi connectivity index (χ3n) is 4.21. The van der Waals surface area contributed by atoms with E-state index in [-0.39, 0.29) is 11.1 Å². The van der Waals surface area contributed by atoms with Crippen LogP contribution >= 0.6 is 0 Å². The van der Waals surface area contributed by atoms with Crippen molar-refractivity contribution in [3.63, 3.8) is 0 Å². The number of urea groups is 1. The Balaban J connectivity index is 2.49. The molecule has 1 N–H and O–H groups in total. The Hall–Kier alpha value is -2.44. The van der Waals surface area contributed by atoms with E-state index in [0.29, 0.717) is 18.2 Å². The quantitative estimate of drug-likeness (QED) is 0.825. The van der Waals surface area contributed by atoms with Gasteiger partial charge < -0.3 is 10.1 Å². The summed E-state index contributed by atoms with van der Waals surface area (Å²) in [6.45, 7) is 6.10. The molecule has 7 heteroatoms. The third-order valence-corrected chi connectivity index (χ3v) is 4.21. The van der Waals surface area contributed by atoms with Crippen LogP contribution in [0.5, 0.6) is 0 Å². The Kier molecular flexibility index (Phi) is 5.77. The lowest BCUT2D eigenvalue weighted by Gasteiger charge is -2.35. The number of benzene rings is 1. The Labute approximate surface area is 145 Å². The zero-order chi connectivity index (χ0) is 18.7. The molecule has 1 aromatic rings. The molecule has 0 bridgehead atoms. The van der Waals surface area contributed by atoms with Gasteiger partial charge in [0.15, 0.2) is 0 Å². The molecule has 1 aliphatic rings. The normalized spacial score (nSPS) is 17.8. The fourth-order valence-electron chi connectivity index (χ4n) is 2.78. The van der Waals surface area contributed by atoms with Crippen LogP contribution in [0.1, 0.15) is 38.8 Å². The minimum Gasteiger partial charge on any atom is -0.466 e. The SMILES string of the molecule is COC(=O)C1=C(C)N(CCC(C)C)C(=O)N[C@H]1c1ccc(F)cc1F. The fraction of sp³-hybridized carbons (Fsp3) is 0.444. The summed E-state index contributed by atoms with van der Waals surface area (Å²) in [6, 6.07) is 1.56. The Morgan fingerprint density at radius 3 is 2.60 bits per heavy atom. The van der Waals surface area contributed by atoms with Crippen LogP contribution in [-0.2, 0) is 9.53 Å². The van der Waals surface area contributed by atoms with Gasteiger partial charge in [-0.3, -0.25) is 4.90 Å². The highest BCUT2D eigenvalue weighted by Crippen LogP contribution is 2.33. The van der Waals surface area contributed by atoms with E-state index in [1.807, 2.05) is 13.8 Å². The van der Waals surface area contributed by atoms with Crippen molar-refractivity contribution in [1.29, 1.82) is 0 Å². The minimum atomic E-state index is -1.03. The number of ether oxygens (including phenoxy) is 1. The number of carbonyl (C=O) groups excluding carboxylic acids is 2. The molecule has 2 rings (SSSR count). The van der Waals surface area contributed by atoms with E-state index < -0.39 is 29.7 Å². The lowest BCUT2D eigenvalue weighted by molar-refractivity contribution is -0.136. The number of amides is 2. The molecule has 2 amide bonds. The number of carbonyl (C=O) groups is 2. The number of methoxy groups -OCH3 is 1. The number of hydrogen-bond donors (Lipinski definition) is 1. The Bertz CT molecular complexity index is 716. The molecule has 0 saturated carbocycles. The number of nitrogens with zero attached hydrogens (tertiary/aromatic N) is 1. The molecule has 136 valence electrons. The number of rotatable bonds is 5. The van der Waals surface area contributed by atoms with Gasteiger partial charge in [-0.2, -0.15) is 0 Å². The average Bonchev–Trinajstić information content (AvgIpc) is 2.53. The number of esters is 1. The van der Waals surface area contributed by atoms with E-state index in [1.54, 1.807) is 6.92 Å². The second kappa shape index (κ2) is 7.63. The molecule has 1 aliphatic heterocycles. The first-order chi connectivity index (χ1) is 11.8. The molecule has 1 aromatic carbocycles. The van der Waals surface area contributed by atoms with E-state index in [0.717, 1.165) is 18.6 Å². The van der Waals surface area contributed by atoms with Gasteiger partial charge >= 0.3 is 12.0 Å². The lowest BCUT2D eigenvalue weighted by Crippen LogP contribution is -2.48. The largest absolute Gasteiger partial charge is 0.466 e. The summed E-state index contributed by atoms with van der Waals surface area (Å²) in [4.78, 5) is 26.2. The first kappa shape index (κ1) is 18.9. The van der Waals surface area contributed by atoms with Crippen molar-refractivity contribution < 1.29 is 23.1 Å². The van der Waals surface area contributed by atoms with Gasteiger partial charge in [0.05, 0.1) is 18.7 Å². The van der Waals surface area contributed by atoms with Crippen molar-refractivity contribution in [2.45, 2.75) is 33.2 Å². The van der Waals surface area contributed by atoms with Crippen LogP contribution < -0.4 is 5.32 Å². The van der Waals surface area contributed by atoms with Crippen molar-refractivity contribution in [1.82, 2.24) is 10.2 Å². The molecule has 1 atom stereocenters. The van der Waals surface area contributed by atoms with Crippen molar-refractivity contribution in [2.24, 2.45) is 5.92 Å². The van der Waals surface area contributed by atoms with E-state index in [2.05, 4.69) is 5.32 Å². The molecule has 0 unspecified atom stereocenters. The second-order valence-corrected chi connectivity index (χ2v) is 6.37. The van der Waals surface area contributed by atoms with Crippen molar-refractivity contribution in [3.05, 3.63) is 46.7 Å². The maximum Gasteiger partial charge on any atom is 0.337 e. The van der Waals surface area contributed by atoms with E-state index in [1.165, 1.54) is 18.1 Å². The van der Waals surface area contributed by atoms with E-state index in [9.17, 15) is 18.4 Å². The molecule has 0 aliphatic carbocycles. The molecule has 0 radical (unpaired) electrons. The standard InChI is InChI=1S/C18H22F2N2O3/c1-10(2)7-8-22-11(3)15(17(23)25-4)16(21-18(22)24)13-6-5-12(19)9-14(13)20/h5-6,9-10,16H,7-8H2,1-4H3,(H,21,24)/t16-/m0/s1. The van der Waals surface area contributed by atoms with Gasteiger partial charge in [-0.05, 0) is 25.3 Å². The van der Waals surface area contributed by atoms with Crippen LogP contribution in [-0.4, -0.2) is 30.6 Å². The summed E-state index contributed by atoms with van der Waals surface area (Å²) in [5, 5.41) is 2.63. The van der Waals surface area contributed by atoms with Crippen LogP contribution in [0.3, 0.4) is 0 Å². The van der Waals surface area contributed by atoms with Crippen molar-refractivity contribution >= 4 is 12.0 Å². The van der Waals surface area contributed by atoms with Gasteiger partial charge in [0.1, 0.15) is 11.6 Å². The highest BCUT2D eigenvalue weighted by molar-refractivity contribution is 5.95. The Morgan fingerprint density at radius 1 is 1.36 bits per heavy atom. The average molecular weight is 352 g/mol. The van der Waals surface area contributed by atoms with Crippen LogP contribution in [0.15, 0.2) is 29.5 Å². The topological polar surface area (TPSA) is 58.6 Å². The van der Waals surface area contributed by atoms with Gasteiger partial charge in [0.25, 0.3) is 0 Å². The molecule has 5 nitrogen and oxygen atoms in total. The first-order valence-electron chi connectivity index (χ1n) is 8.08. The summed E-state index contributed by atoms with van der Waals surface area (Å²) in [5.74, 6) is -1.87. The molecule has 0 saturated heterocycles. The zero-order valence-corrected chi connectivity index (χ0v) is 14.7. The molecular formula is C18H22F2N2O3. The lowest BCUT2D eigenvalue weighted by atomic mass is 9.94. The summed E-state index contributed by atoms with van der Waals surface area (Å²) >= 11 is 0. The zero-order valence-electron chi connectivity index (χ0n) is 14.7. The van der Waals surface area contributed by atoms with Crippen molar-refractivity contribution in [3.8, 4) is 0 Å². The van der Waals surface area contributed by atoms with Gasteiger partial charge in [-0.15, -0.1) is 0 Å². The molecule has 25 heavy (non-hydrogen) atoms. The number of halogens is 2. The summed E-state index contributed by atoms with van der Waals surface area (Å²) in [7, 11) is 1.22. The predicted molar refractivity (Wildman–Crippen MR) is 88.5 cm³/mol. The predicted octanol–water partition coefficient (Wildman–Crippen LogP) is 3.52. The van der Waals surface area contributed by atoms with Crippen LogP contribution in [0.25, 0.3) is 0 Å². The fourth-order valence-corrected chi connectivity index (χ4v) is 2.78. The monoisotopic (exact) mass is 352 g/mol. The van der Waals surface area contributed by atoms with E-state index in [4.69, 9.17) is 4.74 Å². The molecule has 0 fully saturated rings. The van der Waals surface area contributed by atoms with Gasteiger partial charge in [0.2, 0.25) is 0 Å². The van der Waals surface area contributed by atoms with Gasteiger partial charge in [-0.1, -0.05) is 19.9 Å². The van der Waals surface area contributed by atoms with Crippen LogP contribution in [0.2, 0.25) is 0 Å². The van der Waals surface area contributed by atoms with Crippen molar-refractivity contribution in [2.75, 3.05) is 13.7 Å². The number of hydrogen-bond acceptors (Lipinski definition) is 3. The molecule has 0 aromatic heterocycles.